The smallest absolute Gasteiger partial charge is 0.304 e. The van der Waals surface area contributed by atoms with Crippen molar-refractivity contribution in [3.63, 3.8) is 0 Å². The van der Waals surface area contributed by atoms with Crippen molar-refractivity contribution < 1.29 is 9.90 Å². The maximum absolute atomic E-state index is 10.5. The van der Waals surface area contributed by atoms with Crippen LogP contribution in [0.15, 0.2) is 24.5 Å². The van der Waals surface area contributed by atoms with Crippen molar-refractivity contribution in [2.24, 2.45) is 5.73 Å². The Hall–Kier alpha value is -1.46. The lowest BCUT2D eigenvalue weighted by atomic mass is 9.85. The normalized spacial score (nSPS) is 13.3. The van der Waals surface area contributed by atoms with Crippen molar-refractivity contribution in [1.29, 1.82) is 0 Å². The van der Waals surface area contributed by atoms with Crippen molar-refractivity contribution in [1.82, 2.24) is 10.3 Å². The molecule has 1 rings (SSSR count). The molecule has 0 aliphatic heterocycles. The summed E-state index contributed by atoms with van der Waals surface area (Å²) in [4.78, 5) is 14.6. The fourth-order valence-electron chi connectivity index (χ4n) is 1.73. The predicted molar refractivity (Wildman–Crippen MR) is 70.4 cm³/mol. The molecule has 0 bridgehead atoms. The zero-order valence-corrected chi connectivity index (χ0v) is 10.9. The molecule has 1 heterocycles. The fourth-order valence-corrected chi connectivity index (χ4v) is 1.73. The summed E-state index contributed by atoms with van der Waals surface area (Å²) in [7, 11) is 0. The molecule has 1 unspecified atom stereocenters. The minimum Gasteiger partial charge on any atom is -0.481 e. The van der Waals surface area contributed by atoms with E-state index in [0.717, 1.165) is 12.1 Å². The molecular formula is C13H21N3O2. The number of rotatable bonds is 7. The molecule has 0 aliphatic carbocycles. The average molecular weight is 251 g/mol. The molecule has 0 aromatic carbocycles. The van der Waals surface area contributed by atoms with E-state index in [9.17, 15) is 4.79 Å². The highest BCUT2D eigenvalue weighted by molar-refractivity contribution is 5.67. The summed E-state index contributed by atoms with van der Waals surface area (Å²) in [5.74, 6) is -0.865. The van der Waals surface area contributed by atoms with Gasteiger partial charge in [0.2, 0.25) is 0 Å². The van der Waals surface area contributed by atoms with Crippen LogP contribution < -0.4 is 11.1 Å². The van der Waals surface area contributed by atoms with Crippen molar-refractivity contribution in [2.75, 3.05) is 13.1 Å². The Morgan fingerprint density at radius 3 is 2.89 bits per heavy atom. The van der Waals surface area contributed by atoms with Gasteiger partial charge in [-0.25, -0.2) is 0 Å². The number of nitrogens with two attached hydrogens (primary N) is 1. The van der Waals surface area contributed by atoms with E-state index in [4.69, 9.17) is 10.8 Å². The summed E-state index contributed by atoms with van der Waals surface area (Å²) in [6.45, 7) is 5.45. The fraction of sp³-hybridized carbons (Fsp3) is 0.538. The number of hydrogen-bond donors (Lipinski definition) is 3. The van der Waals surface area contributed by atoms with E-state index in [-0.39, 0.29) is 17.9 Å². The van der Waals surface area contributed by atoms with Gasteiger partial charge < -0.3 is 16.2 Å². The summed E-state index contributed by atoms with van der Waals surface area (Å²) in [6.07, 6.45) is 3.58. The molecule has 0 amide bonds. The van der Waals surface area contributed by atoms with Gasteiger partial charge in [-0.3, -0.25) is 9.78 Å². The van der Waals surface area contributed by atoms with Gasteiger partial charge in [-0.05, 0) is 11.6 Å². The van der Waals surface area contributed by atoms with Crippen LogP contribution in [0.5, 0.6) is 0 Å². The molecule has 0 spiro atoms. The third-order valence-corrected chi connectivity index (χ3v) is 2.85. The Morgan fingerprint density at radius 1 is 1.61 bits per heavy atom. The Bertz CT molecular complexity index is 379. The molecular weight excluding hydrogens is 230 g/mol. The molecule has 0 radical (unpaired) electrons. The maximum Gasteiger partial charge on any atom is 0.304 e. The standard InChI is InChI=1S/C13H21N3O2/c1-13(2,10-4-3-5-15-7-10)9-16-8-11(14)6-12(17)18/h3-5,7,11,16H,6,8-9,14H2,1-2H3,(H,17,18). The Labute approximate surface area is 107 Å². The van der Waals surface area contributed by atoms with Gasteiger partial charge in [-0.1, -0.05) is 19.9 Å². The van der Waals surface area contributed by atoms with Crippen LogP contribution >= 0.6 is 0 Å². The lowest BCUT2D eigenvalue weighted by Gasteiger charge is -2.26. The van der Waals surface area contributed by atoms with Gasteiger partial charge in [0.25, 0.3) is 0 Å². The number of aliphatic carboxylic acids is 1. The van der Waals surface area contributed by atoms with Gasteiger partial charge >= 0.3 is 5.97 Å². The molecule has 5 nitrogen and oxygen atoms in total. The van der Waals surface area contributed by atoms with E-state index in [2.05, 4.69) is 24.1 Å². The summed E-state index contributed by atoms with van der Waals surface area (Å²) in [6, 6.07) is 3.59. The van der Waals surface area contributed by atoms with Crippen LogP contribution in [-0.2, 0) is 10.2 Å². The van der Waals surface area contributed by atoms with Crippen LogP contribution in [0.3, 0.4) is 0 Å². The van der Waals surface area contributed by atoms with Crippen LogP contribution in [0.4, 0.5) is 0 Å². The van der Waals surface area contributed by atoms with Gasteiger partial charge in [0.15, 0.2) is 0 Å². The number of carboxylic acid groups (broad SMARTS) is 1. The summed E-state index contributed by atoms with van der Waals surface area (Å²) >= 11 is 0. The Kier molecular flexibility index (Phi) is 5.25. The quantitative estimate of drug-likeness (QED) is 0.665. The molecule has 100 valence electrons. The van der Waals surface area contributed by atoms with E-state index >= 15 is 0 Å². The lowest BCUT2D eigenvalue weighted by Crippen LogP contribution is -2.41. The highest BCUT2D eigenvalue weighted by atomic mass is 16.4. The summed E-state index contributed by atoms with van der Waals surface area (Å²) in [5, 5.41) is 11.8. The predicted octanol–water partition coefficient (Wildman–Crippen LogP) is 0.751. The minimum atomic E-state index is -0.865. The topological polar surface area (TPSA) is 88.2 Å². The first kappa shape index (κ1) is 14.6. The second-order valence-electron chi connectivity index (χ2n) is 5.11. The first-order valence-electron chi connectivity index (χ1n) is 6.00. The number of pyridine rings is 1. The second-order valence-corrected chi connectivity index (χ2v) is 5.11. The Morgan fingerprint density at radius 2 is 2.33 bits per heavy atom. The van der Waals surface area contributed by atoms with E-state index < -0.39 is 5.97 Å². The number of carbonyl (C=O) groups is 1. The number of aromatic nitrogens is 1. The number of carboxylic acids is 1. The van der Waals surface area contributed by atoms with E-state index in [1.165, 1.54) is 0 Å². The summed E-state index contributed by atoms with van der Waals surface area (Å²) < 4.78 is 0. The van der Waals surface area contributed by atoms with E-state index in [1.54, 1.807) is 6.20 Å². The minimum absolute atomic E-state index is 0.0136. The second kappa shape index (κ2) is 6.47. The van der Waals surface area contributed by atoms with Gasteiger partial charge in [-0.2, -0.15) is 0 Å². The molecule has 1 atom stereocenters. The van der Waals surface area contributed by atoms with E-state index in [1.807, 2.05) is 18.3 Å². The van der Waals surface area contributed by atoms with Gasteiger partial charge in [0.1, 0.15) is 0 Å². The molecule has 1 aromatic heterocycles. The van der Waals surface area contributed by atoms with E-state index in [0.29, 0.717) is 6.54 Å². The van der Waals surface area contributed by atoms with Crippen molar-refractivity contribution in [3.8, 4) is 0 Å². The number of hydrogen-bond acceptors (Lipinski definition) is 4. The van der Waals surface area contributed by atoms with Gasteiger partial charge in [-0.15, -0.1) is 0 Å². The van der Waals surface area contributed by atoms with Gasteiger partial charge in [0, 0.05) is 36.9 Å². The first-order valence-corrected chi connectivity index (χ1v) is 6.00. The molecule has 0 saturated heterocycles. The van der Waals surface area contributed by atoms with Crippen LogP contribution in [0, 0.1) is 0 Å². The highest BCUT2D eigenvalue weighted by Gasteiger charge is 2.20. The van der Waals surface area contributed by atoms with Crippen molar-refractivity contribution >= 4 is 5.97 Å². The lowest BCUT2D eigenvalue weighted by molar-refractivity contribution is -0.137. The molecule has 4 N–H and O–H groups in total. The molecule has 1 aromatic rings. The Balaban J connectivity index is 2.41. The zero-order valence-electron chi connectivity index (χ0n) is 10.9. The largest absolute Gasteiger partial charge is 0.481 e. The molecule has 18 heavy (non-hydrogen) atoms. The third kappa shape index (κ3) is 4.81. The van der Waals surface area contributed by atoms with Crippen LogP contribution in [0.1, 0.15) is 25.8 Å². The molecule has 0 fully saturated rings. The molecule has 0 saturated carbocycles. The van der Waals surface area contributed by atoms with Gasteiger partial charge in [0.05, 0.1) is 6.42 Å². The van der Waals surface area contributed by atoms with Crippen LogP contribution in [0.25, 0.3) is 0 Å². The molecule has 5 heteroatoms. The third-order valence-electron chi connectivity index (χ3n) is 2.85. The van der Waals surface area contributed by atoms with Crippen molar-refractivity contribution in [2.45, 2.75) is 31.7 Å². The van der Waals surface area contributed by atoms with Crippen LogP contribution in [0.2, 0.25) is 0 Å². The highest BCUT2D eigenvalue weighted by Crippen LogP contribution is 2.20. The first-order chi connectivity index (χ1) is 8.42. The number of nitrogens with zero attached hydrogens (tertiary/aromatic N) is 1. The SMILES string of the molecule is CC(C)(CNCC(N)CC(=O)O)c1cccnc1. The van der Waals surface area contributed by atoms with Crippen LogP contribution in [-0.4, -0.2) is 35.2 Å². The summed E-state index contributed by atoms with van der Waals surface area (Å²) in [5.41, 5.74) is 6.77. The van der Waals surface area contributed by atoms with Crippen molar-refractivity contribution in [3.05, 3.63) is 30.1 Å². The zero-order chi connectivity index (χ0) is 13.6. The monoisotopic (exact) mass is 251 g/mol. The molecule has 0 aliphatic rings. The number of nitrogens with one attached hydrogen (secondary N) is 1. The maximum atomic E-state index is 10.5. The average Bonchev–Trinajstić information content (AvgIpc) is 2.29.